The number of rotatable bonds is 4. The average Bonchev–Trinajstić information content (AvgIpc) is 2.26. The number of hydrogen-bond donors (Lipinski definition) is 1. The highest BCUT2D eigenvalue weighted by Crippen LogP contribution is 2.28. The van der Waals surface area contributed by atoms with Crippen LogP contribution >= 0.6 is 11.6 Å². The average molecular weight is 243 g/mol. The molecule has 1 aromatic carbocycles. The Bertz CT molecular complexity index is 388. The molecule has 0 amide bonds. The Morgan fingerprint density at radius 3 is 2.75 bits per heavy atom. The van der Waals surface area contributed by atoms with E-state index in [4.69, 9.17) is 11.6 Å². The molecule has 0 aromatic heterocycles. The molecule has 0 spiro atoms. The van der Waals surface area contributed by atoms with Crippen LogP contribution in [0.2, 0.25) is 5.02 Å². The first-order chi connectivity index (χ1) is 7.60. The van der Waals surface area contributed by atoms with E-state index in [0.717, 1.165) is 12.8 Å². The molecule has 88 valence electrons. The molecule has 3 nitrogen and oxygen atoms in total. The van der Waals surface area contributed by atoms with Gasteiger partial charge in [0.2, 0.25) is 0 Å². The molecule has 0 unspecified atom stereocenters. The number of methoxy groups -OCH3 is 1. The van der Waals surface area contributed by atoms with E-state index in [2.05, 4.69) is 4.74 Å². The van der Waals surface area contributed by atoms with Gasteiger partial charge in [0.15, 0.2) is 0 Å². The largest absolute Gasteiger partial charge is 0.508 e. The van der Waals surface area contributed by atoms with Gasteiger partial charge in [-0.25, -0.2) is 4.79 Å². The number of esters is 1. The zero-order chi connectivity index (χ0) is 12.1. The van der Waals surface area contributed by atoms with Crippen molar-refractivity contribution in [3.05, 3.63) is 28.3 Å². The number of aromatic hydroxyl groups is 1. The molecule has 0 aliphatic heterocycles. The number of phenolic OH excluding ortho intramolecular Hbond substituents is 1. The lowest BCUT2D eigenvalue weighted by Gasteiger charge is -2.10. The standard InChI is InChI=1S/C12H15ClO3/c1-3-4-5-9-10(12(15)16-2)6-8(13)7-11(9)14/h6-7,14H,3-5H2,1-2H3. The Morgan fingerprint density at radius 1 is 1.50 bits per heavy atom. The molecule has 0 atom stereocenters. The molecule has 4 heteroatoms. The van der Waals surface area contributed by atoms with Crippen LogP contribution < -0.4 is 0 Å². The van der Waals surface area contributed by atoms with Crippen LogP contribution in [0.4, 0.5) is 0 Å². The van der Waals surface area contributed by atoms with E-state index in [0.29, 0.717) is 22.6 Å². The monoisotopic (exact) mass is 242 g/mol. The molecule has 0 aliphatic rings. The van der Waals surface area contributed by atoms with Gasteiger partial charge in [0.1, 0.15) is 5.75 Å². The van der Waals surface area contributed by atoms with Crippen LogP contribution in [0.1, 0.15) is 35.7 Å². The number of ether oxygens (including phenoxy) is 1. The molecule has 0 heterocycles. The summed E-state index contributed by atoms with van der Waals surface area (Å²) >= 11 is 5.79. The number of carbonyl (C=O) groups is 1. The lowest BCUT2D eigenvalue weighted by molar-refractivity contribution is 0.0599. The zero-order valence-corrected chi connectivity index (χ0v) is 10.2. The van der Waals surface area contributed by atoms with Gasteiger partial charge in [0, 0.05) is 10.6 Å². The summed E-state index contributed by atoms with van der Waals surface area (Å²) in [5.41, 5.74) is 0.957. The summed E-state index contributed by atoms with van der Waals surface area (Å²) in [6, 6.07) is 2.97. The third-order valence-electron chi connectivity index (χ3n) is 2.38. The van der Waals surface area contributed by atoms with Gasteiger partial charge in [0.25, 0.3) is 0 Å². The van der Waals surface area contributed by atoms with Crippen molar-refractivity contribution in [2.45, 2.75) is 26.2 Å². The van der Waals surface area contributed by atoms with E-state index < -0.39 is 5.97 Å². The molecular weight excluding hydrogens is 228 g/mol. The van der Waals surface area contributed by atoms with Crippen molar-refractivity contribution in [2.24, 2.45) is 0 Å². The van der Waals surface area contributed by atoms with Crippen LogP contribution in [0.15, 0.2) is 12.1 Å². The molecule has 1 rings (SSSR count). The number of hydrogen-bond acceptors (Lipinski definition) is 3. The SMILES string of the molecule is CCCCc1c(O)cc(Cl)cc1C(=O)OC. The van der Waals surface area contributed by atoms with Crippen LogP contribution in [-0.2, 0) is 11.2 Å². The highest BCUT2D eigenvalue weighted by molar-refractivity contribution is 6.31. The van der Waals surface area contributed by atoms with Gasteiger partial charge >= 0.3 is 5.97 Å². The lowest BCUT2D eigenvalue weighted by atomic mass is 10.0. The van der Waals surface area contributed by atoms with E-state index in [-0.39, 0.29) is 5.75 Å². The molecule has 0 fully saturated rings. The van der Waals surface area contributed by atoms with Crippen LogP contribution in [-0.4, -0.2) is 18.2 Å². The summed E-state index contributed by atoms with van der Waals surface area (Å²) in [6.45, 7) is 2.05. The predicted molar refractivity (Wildman–Crippen MR) is 63.1 cm³/mol. The summed E-state index contributed by atoms with van der Waals surface area (Å²) in [7, 11) is 1.31. The fraction of sp³-hybridized carbons (Fsp3) is 0.417. The fourth-order valence-corrected chi connectivity index (χ4v) is 1.74. The maximum absolute atomic E-state index is 11.5. The minimum Gasteiger partial charge on any atom is -0.508 e. The number of unbranched alkanes of at least 4 members (excludes halogenated alkanes) is 1. The van der Waals surface area contributed by atoms with Crippen LogP contribution in [0.25, 0.3) is 0 Å². The first-order valence-electron chi connectivity index (χ1n) is 5.19. The maximum Gasteiger partial charge on any atom is 0.338 e. The predicted octanol–water partition coefficient (Wildman–Crippen LogP) is 3.17. The van der Waals surface area contributed by atoms with Gasteiger partial charge in [-0.1, -0.05) is 24.9 Å². The van der Waals surface area contributed by atoms with Gasteiger partial charge in [-0.15, -0.1) is 0 Å². The summed E-state index contributed by atoms with van der Waals surface area (Å²) in [5, 5.41) is 10.1. The smallest absolute Gasteiger partial charge is 0.338 e. The van der Waals surface area contributed by atoms with Gasteiger partial charge in [-0.05, 0) is 25.0 Å². The third kappa shape index (κ3) is 2.89. The van der Waals surface area contributed by atoms with Gasteiger partial charge < -0.3 is 9.84 Å². The molecule has 0 saturated heterocycles. The Hall–Kier alpha value is -1.22. The Balaban J connectivity index is 3.15. The van der Waals surface area contributed by atoms with Crippen molar-refractivity contribution < 1.29 is 14.6 Å². The summed E-state index contributed by atoms with van der Waals surface area (Å²) in [6.07, 6.45) is 2.53. The number of halogens is 1. The normalized spacial score (nSPS) is 10.2. The van der Waals surface area contributed by atoms with Crippen molar-refractivity contribution in [1.29, 1.82) is 0 Å². The summed E-state index contributed by atoms with van der Waals surface area (Å²) < 4.78 is 4.66. The van der Waals surface area contributed by atoms with Gasteiger partial charge in [0.05, 0.1) is 12.7 Å². The Labute approximate surface area is 100.0 Å². The Kier molecular flexibility index (Phi) is 4.62. The first kappa shape index (κ1) is 12.8. The van der Waals surface area contributed by atoms with E-state index >= 15 is 0 Å². The van der Waals surface area contributed by atoms with Gasteiger partial charge in [-0.2, -0.15) is 0 Å². The second-order valence-corrected chi connectivity index (χ2v) is 3.98. The van der Waals surface area contributed by atoms with Crippen LogP contribution in [0.3, 0.4) is 0 Å². The quantitative estimate of drug-likeness (QED) is 0.825. The van der Waals surface area contributed by atoms with E-state index in [9.17, 15) is 9.90 Å². The molecule has 0 saturated carbocycles. The van der Waals surface area contributed by atoms with E-state index in [1.807, 2.05) is 6.92 Å². The maximum atomic E-state index is 11.5. The molecule has 0 aliphatic carbocycles. The number of phenols is 1. The van der Waals surface area contributed by atoms with Crippen molar-refractivity contribution in [1.82, 2.24) is 0 Å². The van der Waals surface area contributed by atoms with Crippen molar-refractivity contribution in [3.63, 3.8) is 0 Å². The zero-order valence-electron chi connectivity index (χ0n) is 9.42. The lowest BCUT2D eigenvalue weighted by Crippen LogP contribution is -2.06. The molecule has 0 radical (unpaired) electrons. The van der Waals surface area contributed by atoms with E-state index in [1.165, 1.54) is 19.2 Å². The molecule has 16 heavy (non-hydrogen) atoms. The summed E-state index contributed by atoms with van der Waals surface area (Å²) in [5.74, 6) is -0.412. The molecule has 0 bridgehead atoms. The van der Waals surface area contributed by atoms with Crippen molar-refractivity contribution in [3.8, 4) is 5.75 Å². The first-order valence-corrected chi connectivity index (χ1v) is 5.57. The van der Waals surface area contributed by atoms with Crippen LogP contribution in [0.5, 0.6) is 5.75 Å². The molecular formula is C12H15ClO3. The molecule has 1 N–H and O–H groups in total. The fourth-order valence-electron chi connectivity index (χ4n) is 1.53. The highest BCUT2D eigenvalue weighted by atomic mass is 35.5. The molecule has 1 aromatic rings. The number of carbonyl (C=O) groups excluding carboxylic acids is 1. The summed E-state index contributed by atoms with van der Waals surface area (Å²) in [4.78, 5) is 11.5. The highest BCUT2D eigenvalue weighted by Gasteiger charge is 2.16. The Morgan fingerprint density at radius 2 is 2.19 bits per heavy atom. The van der Waals surface area contributed by atoms with Crippen molar-refractivity contribution >= 4 is 17.6 Å². The van der Waals surface area contributed by atoms with Crippen molar-refractivity contribution in [2.75, 3.05) is 7.11 Å². The van der Waals surface area contributed by atoms with Gasteiger partial charge in [-0.3, -0.25) is 0 Å². The second-order valence-electron chi connectivity index (χ2n) is 3.55. The van der Waals surface area contributed by atoms with E-state index in [1.54, 1.807) is 0 Å². The number of benzene rings is 1. The topological polar surface area (TPSA) is 46.5 Å². The third-order valence-corrected chi connectivity index (χ3v) is 2.59. The minimum absolute atomic E-state index is 0.0568. The van der Waals surface area contributed by atoms with Crippen LogP contribution in [0, 0.1) is 0 Å². The second kappa shape index (κ2) is 5.75. The minimum atomic E-state index is -0.469.